The minimum absolute atomic E-state index is 0.993. The standard InChI is InChI=1S/C38H31N/c1-5-10-25(2)32-20-33(22-34(21-32)31-13-9-18-39-24-31)29-12-8-11-28(19-29)30-16-17-36-27(4)26(3)35-14-6-7-15-37(35)38(36)23-30/h5-24H,2H2,1,3-4H3/b10-5-. The fourth-order valence-electron chi connectivity index (χ4n) is 5.58. The Bertz CT molecular complexity index is 1890. The molecule has 0 aliphatic heterocycles. The Morgan fingerprint density at radius 3 is 1.92 bits per heavy atom. The molecule has 0 spiro atoms. The summed E-state index contributed by atoms with van der Waals surface area (Å²) in [7, 11) is 0. The Hall–Kier alpha value is -4.75. The first-order chi connectivity index (χ1) is 19.0. The van der Waals surface area contributed by atoms with Gasteiger partial charge in [0.05, 0.1) is 0 Å². The summed E-state index contributed by atoms with van der Waals surface area (Å²) in [5.74, 6) is 0. The van der Waals surface area contributed by atoms with Crippen LogP contribution in [0, 0.1) is 13.8 Å². The summed E-state index contributed by atoms with van der Waals surface area (Å²) in [6, 6.07) is 35.3. The van der Waals surface area contributed by atoms with E-state index >= 15 is 0 Å². The SMILES string of the molecule is C=C(/C=C\C)c1cc(-c2cccnc2)cc(-c2cccc(-c3ccc4c(C)c(C)c5ccccc5c4c3)c2)c1. The van der Waals surface area contributed by atoms with Crippen molar-refractivity contribution in [2.75, 3.05) is 0 Å². The summed E-state index contributed by atoms with van der Waals surface area (Å²) < 4.78 is 0. The third-order valence-corrected chi connectivity index (χ3v) is 7.80. The van der Waals surface area contributed by atoms with E-state index in [9.17, 15) is 0 Å². The summed E-state index contributed by atoms with van der Waals surface area (Å²) in [5, 5.41) is 5.27. The van der Waals surface area contributed by atoms with Gasteiger partial charge in [0.1, 0.15) is 0 Å². The molecule has 0 aliphatic carbocycles. The zero-order valence-electron chi connectivity index (χ0n) is 22.7. The van der Waals surface area contributed by atoms with Crippen LogP contribution in [0.15, 0.2) is 128 Å². The lowest BCUT2D eigenvalue weighted by atomic mass is 9.90. The molecule has 0 bridgehead atoms. The van der Waals surface area contributed by atoms with Crippen LogP contribution >= 0.6 is 0 Å². The number of aromatic nitrogens is 1. The molecule has 6 rings (SSSR count). The molecule has 0 unspecified atom stereocenters. The van der Waals surface area contributed by atoms with E-state index < -0.39 is 0 Å². The third-order valence-electron chi connectivity index (χ3n) is 7.80. The Morgan fingerprint density at radius 2 is 1.21 bits per heavy atom. The van der Waals surface area contributed by atoms with Gasteiger partial charge < -0.3 is 0 Å². The average Bonchev–Trinajstić information content (AvgIpc) is 3.00. The number of hydrogen-bond donors (Lipinski definition) is 0. The minimum Gasteiger partial charge on any atom is -0.264 e. The molecule has 6 aromatic rings. The zero-order chi connectivity index (χ0) is 26.9. The molecule has 0 aliphatic rings. The van der Waals surface area contributed by atoms with E-state index in [1.807, 2.05) is 31.5 Å². The normalized spacial score (nSPS) is 11.5. The number of aryl methyl sites for hydroxylation is 2. The monoisotopic (exact) mass is 501 g/mol. The van der Waals surface area contributed by atoms with Crippen molar-refractivity contribution in [1.29, 1.82) is 0 Å². The third kappa shape index (κ3) is 4.57. The average molecular weight is 502 g/mol. The fourth-order valence-corrected chi connectivity index (χ4v) is 5.58. The van der Waals surface area contributed by atoms with E-state index in [1.165, 1.54) is 49.4 Å². The zero-order valence-corrected chi connectivity index (χ0v) is 22.7. The smallest absolute Gasteiger partial charge is 0.0346 e. The van der Waals surface area contributed by atoms with Gasteiger partial charge in [0, 0.05) is 18.0 Å². The van der Waals surface area contributed by atoms with E-state index in [4.69, 9.17) is 0 Å². The molecule has 5 aromatic carbocycles. The lowest BCUT2D eigenvalue weighted by Gasteiger charge is -2.14. The van der Waals surface area contributed by atoms with Gasteiger partial charge in [0.2, 0.25) is 0 Å². The van der Waals surface area contributed by atoms with E-state index in [1.54, 1.807) is 0 Å². The molecule has 0 amide bonds. The highest BCUT2D eigenvalue weighted by atomic mass is 14.6. The van der Waals surface area contributed by atoms with Crippen molar-refractivity contribution in [2.45, 2.75) is 20.8 Å². The van der Waals surface area contributed by atoms with Crippen LogP contribution in [0.1, 0.15) is 23.6 Å². The van der Waals surface area contributed by atoms with Gasteiger partial charge in [-0.25, -0.2) is 0 Å². The van der Waals surface area contributed by atoms with E-state index in [0.29, 0.717) is 0 Å². The molecule has 0 saturated heterocycles. The van der Waals surface area contributed by atoms with Crippen molar-refractivity contribution in [3.8, 4) is 33.4 Å². The highest BCUT2D eigenvalue weighted by Crippen LogP contribution is 2.37. The molecule has 0 radical (unpaired) electrons. The maximum absolute atomic E-state index is 4.35. The van der Waals surface area contributed by atoms with Crippen molar-refractivity contribution in [3.05, 3.63) is 145 Å². The highest BCUT2D eigenvalue weighted by Gasteiger charge is 2.11. The number of fused-ring (bicyclic) bond motifs is 3. The molecule has 1 heterocycles. The lowest BCUT2D eigenvalue weighted by molar-refractivity contribution is 1.33. The Labute approximate surface area is 230 Å². The van der Waals surface area contributed by atoms with Crippen LogP contribution in [-0.4, -0.2) is 4.98 Å². The molecule has 1 nitrogen and oxygen atoms in total. The van der Waals surface area contributed by atoms with Gasteiger partial charge in [-0.05, 0) is 129 Å². The van der Waals surface area contributed by atoms with Crippen LogP contribution in [0.3, 0.4) is 0 Å². The van der Waals surface area contributed by atoms with Gasteiger partial charge >= 0.3 is 0 Å². The summed E-state index contributed by atoms with van der Waals surface area (Å²) in [6.45, 7) is 10.8. The maximum Gasteiger partial charge on any atom is 0.0346 e. The second-order valence-corrected chi connectivity index (χ2v) is 10.2. The van der Waals surface area contributed by atoms with Crippen molar-refractivity contribution in [2.24, 2.45) is 0 Å². The lowest BCUT2D eigenvalue weighted by Crippen LogP contribution is -1.90. The first-order valence-electron chi connectivity index (χ1n) is 13.4. The van der Waals surface area contributed by atoms with Crippen LogP contribution in [0.25, 0.3) is 60.5 Å². The highest BCUT2D eigenvalue weighted by molar-refractivity contribution is 6.11. The summed E-state index contributed by atoms with van der Waals surface area (Å²) in [4.78, 5) is 4.35. The van der Waals surface area contributed by atoms with E-state index in [0.717, 1.165) is 27.8 Å². The number of allylic oxidation sites excluding steroid dienone is 3. The largest absolute Gasteiger partial charge is 0.264 e. The predicted molar refractivity (Wildman–Crippen MR) is 169 cm³/mol. The van der Waals surface area contributed by atoms with Crippen LogP contribution in [0.4, 0.5) is 0 Å². The fraction of sp³-hybridized carbons (Fsp3) is 0.0789. The van der Waals surface area contributed by atoms with E-state index in [2.05, 4.69) is 122 Å². The topological polar surface area (TPSA) is 12.9 Å². The van der Waals surface area contributed by atoms with Crippen LogP contribution < -0.4 is 0 Å². The Morgan fingerprint density at radius 1 is 0.590 bits per heavy atom. The summed E-state index contributed by atoms with van der Waals surface area (Å²) >= 11 is 0. The summed E-state index contributed by atoms with van der Waals surface area (Å²) in [5.41, 5.74) is 11.8. The van der Waals surface area contributed by atoms with Crippen molar-refractivity contribution < 1.29 is 0 Å². The number of pyridine rings is 1. The van der Waals surface area contributed by atoms with Crippen molar-refractivity contribution in [1.82, 2.24) is 4.98 Å². The second-order valence-electron chi connectivity index (χ2n) is 10.2. The minimum atomic E-state index is 0.993. The van der Waals surface area contributed by atoms with Gasteiger partial charge in [-0.2, -0.15) is 0 Å². The second kappa shape index (κ2) is 10.2. The predicted octanol–water partition coefficient (Wildman–Crippen LogP) is 10.6. The molecule has 0 N–H and O–H groups in total. The van der Waals surface area contributed by atoms with Crippen molar-refractivity contribution >= 4 is 27.1 Å². The molecule has 0 saturated carbocycles. The molecular formula is C38H31N. The number of hydrogen-bond acceptors (Lipinski definition) is 1. The van der Waals surface area contributed by atoms with Gasteiger partial charge in [0.25, 0.3) is 0 Å². The molecule has 1 aromatic heterocycles. The van der Waals surface area contributed by atoms with Gasteiger partial charge in [-0.1, -0.05) is 79.4 Å². The molecule has 0 fully saturated rings. The molecule has 39 heavy (non-hydrogen) atoms. The molecule has 1 heteroatoms. The summed E-state index contributed by atoms with van der Waals surface area (Å²) in [6.07, 6.45) is 7.82. The number of benzene rings is 5. The molecular weight excluding hydrogens is 470 g/mol. The van der Waals surface area contributed by atoms with Crippen LogP contribution in [0.2, 0.25) is 0 Å². The van der Waals surface area contributed by atoms with E-state index in [-0.39, 0.29) is 0 Å². The van der Waals surface area contributed by atoms with Crippen molar-refractivity contribution in [3.63, 3.8) is 0 Å². The quantitative estimate of drug-likeness (QED) is 0.169. The Kier molecular flexibility index (Phi) is 6.42. The number of rotatable bonds is 5. The van der Waals surface area contributed by atoms with Crippen LogP contribution in [-0.2, 0) is 0 Å². The van der Waals surface area contributed by atoms with Crippen LogP contribution in [0.5, 0.6) is 0 Å². The van der Waals surface area contributed by atoms with Gasteiger partial charge in [-0.3, -0.25) is 4.98 Å². The molecule has 188 valence electrons. The Balaban J connectivity index is 1.50. The first kappa shape index (κ1) is 24.6. The number of nitrogens with zero attached hydrogens (tertiary/aromatic N) is 1. The van der Waals surface area contributed by atoms with Gasteiger partial charge in [-0.15, -0.1) is 0 Å². The first-order valence-corrected chi connectivity index (χ1v) is 13.4. The molecule has 0 atom stereocenters. The maximum atomic E-state index is 4.35. The van der Waals surface area contributed by atoms with Gasteiger partial charge in [0.15, 0.2) is 0 Å².